The third-order valence-electron chi connectivity index (χ3n) is 1.01. The van der Waals surface area contributed by atoms with Gasteiger partial charge >= 0.3 is 0 Å². The van der Waals surface area contributed by atoms with Crippen LogP contribution in [0.2, 0.25) is 0 Å². The Balaban J connectivity index is 2.87. The summed E-state index contributed by atoms with van der Waals surface area (Å²) >= 11 is 8.71. The summed E-state index contributed by atoms with van der Waals surface area (Å²) in [6.07, 6.45) is 3.80. The van der Waals surface area contributed by atoms with Crippen LogP contribution in [0.1, 0.15) is 6.42 Å². The van der Waals surface area contributed by atoms with Gasteiger partial charge in [0.25, 0.3) is 0 Å². The SMILES string of the molecule is O=C1CC=C(Br)C=C1Cl. The van der Waals surface area contributed by atoms with Gasteiger partial charge in [-0.3, -0.25) is 4.79 Å². The average Bonchev–Trinajstić information content (AvgIpc) is 1.80. The van der Waals surface area contributed by atoms with E-state index in [1.54, 1.807) is 12.2 Å². The number of halogens is 2. The van der Waals surface area contributed by atoms with Gasteiger partial charge < -0.3 is 0 Å². The molecule has 0 aliphatic heterocycles. The maximum absolute atomic E-state index is 10.7. The Hall–Kier alpha value is -0.0800. The number of allylic oxidation sites excluding steroid dienone is 4. The van der Waals surface area contributed by atoms with Crippen molar-refractivity contribution in [2.75, 3.05) is 0 Å². The Kier molecular flexibility index (Phi) is 2.09. The van der Waals surface area contributed by atoms with Crippen molar-refractivity contribution in [1.29, 1.82) is 0 Å². The number of rotatable bonds is 0. The zero-order chi connectivity index (χ0) is 6.85. The van der Waals surface area contributed by atoms with Crippen LogP contribution >= 0.6 is 27.5 Å². The van der Waals surface area contributed by atoms with Crippen molar-refractivity contribution in [3.8, 4) is 0 Å². The van der Waals surface area contributed by atoms with Crippen LogP contribution in [0.5, 0.6) is 0 Å². The Morgan fingerprint density at radius 2 is 2.33 bits per heavy atom. The third kappa shape index (κ3) is 1.66. The normalized spacial score (nSPS) is 19.1. The molecule has 0 unspecified atom stereocenters. The lowest BCUT2D eigenvalue weighted by Gasteiger charge is -2.00. The van der Waals surface area contributed by atoms with Crippen LogP contribution in [0.4, 0.5) is 0 Å². The minimum absolute atomic E-state index is 0.0140. The predicted molar refractivity (Wildman–Crippen MR) is 40.6 cm³/mol. The molecular weight excluding hydrogens is 203 g/mol. The van der Waals surface area contributed by atoms with E-state index in [1.165, 1.54) is 0 Å². The molecule has 0 aromatic rings. The zero-order valence-corrected chi connectivity index (χ0v) is 6.87. The molecule has 0 aromatic heterocycles. The van der Waals surface area contributed by atoms with Gasteiger partial charge in [0, 0.05) is 10.9 Å². The monoisotopic (exact) mass is 206 g/mol. The zero-order valence-electron chi connectivity index (χ0n) is 4.53. The fourth-order valence-corrected chi connectivity index (χ4v) is 1.27. The molecule has 1 nitrogen and oxygen atoms in total. The van der Waals surface area contributed by atoms with Gasteiger partial charge in [-0.05, 0) is 6.08 Å². The van der Waals surface area contributed by atoms with Gasteiger partial charge in [0.05, 0.1) is 5.03 Å². The molecular formula is C6H4BrClO. The summed E-state index contributed by atoms with van der Waals surface area (Å²) in [5.41, 5.74) is 0. The van der Waals surface area contributed by atoms with Crippen molar-refractivity contribution in [2.45, 2.75) is 6.42 Å². The molecule has 0 saturated carbocycles. The summed E-state index contributed by atoms with van der Waals surface area (Å²) < 4.78 is 0.882. The van der Waals surface area contributed by atoms with E-state index >= 15 is 0 Å². The van der Waals surface area contributed by atoms with Crippen LogP contribution in [0.15, 0.2) is 21.7 Å². The largest absolute Gasteiger partial charge is 0.293 e. The Bertz CT molecular complexity index is 205. The first kappa shape index (κ1) is 7.03. The highest BCUT2D eigenvalue weighted by molar-refractivity contribution is 9.11. The quantitative estimate of drug-likeness (QED) is 0.596. The van der Waals surface area contributed by atoms with E-state index < -0.39 is 0 Å². The van der Waals surface area contributed by atoms with Crippen LogP contribution in [-0.4, -0.2) is 5.78 Å². The maximum Gasteiger partial charge on any atom is 0.178 e. The summed E-state index contributed by atoms with van der Waals surface area (Å²) in [5, 5.41) is 0.310. The predicted octanol–water partition coefficient (Wildman–Crippen LogP) is 2.36. The number of Topliss-reactive ketones (excluding diaryl/α,β-unsaturated/α-hetero) is 1. The number of hydrogen-bond acceptors (Lipinski definition) is 1. The van der Waals surface area contributed by atoms with Gasteiger partial charge in [-0.2, -0.15) is 0 Å². The standard InChI is InChI=1S/C6H4BrClO/c7-4-1-2-6(9)5(8)3-4/h1,3H,2H2. The van der Waals surface area contributed by atoms with Crippen LogP contribution in [-0.2, 0) is 4.79 Å². The molecule has 48 valence electrons. The fourth-order valence-electron chi connectivity index (χ4n) is 0.548. The van der Waals surface area contributed by atoms with Gasteiger partial charge in [0.1, 0.15) is 0 Å². The van der Waals surface area contributed by atoms with Crippen molar-refractivity contribution < 1.29 is 4.79 Å². The molecule has 0 fully saturated rings. The molecule has 1 rings (SSSR count). The average molecular weight is 207 g/mol. The minimum Gasteiger partial charge on any atom is -0.293 e. The maximum atomic E-state index is 10.7. The molecule has 0 N–H and O–H groups in total. The number of carbonyl (C=O) groups is 1. The fraction of sp³-hybridized carbons (Fsp3) is 0.167. The topological polar surface area (TPSA) is 17.1 Å². The molecule has 1 aliphatic rings. The van der Waals surface area contributed by atoms with Crippen LogP contribution < -0.4 is 0 Å². The summed E-state index contributed by atoms with van der Waals surface area (Å²) in [6, 6.07) is 0. The Labute approximate surface area is 66.5 Å². The highest BCUT2D eigenvalue weighted by Gasteiger charge is 2.09. The molecule has 0 radical (unpaired) electrons. The van der Waals surface area contributed by atoms with E-state index in [0.717, 1.165) is 4.48 Å². The molecule has 0 atom stereocenters. The molecule has 0 bridgehead atoms. The van der Waals surface area contributed by atoms with Gasteiger partial charge in [-0.15, -0.1) is 0 Å². The van der Waals surface area contributed by atoms with Crippen molar-refractivity contribution in [3.63, 3.8) is 0 Å². The van der Waals surface area contributed by atoms with Crippen molar-refractivity contribution >= 4 is 33.3 Å². The first-order valence-electron chi connectivity index (χ1n) is 2.46. The van der Waals surface area contributed by atoms with Gasteiger partial charge in [0.2, 0.25) is 0 Å². The number of hydrogen-bond donors (Lipinski definition) is 0. The number of carbonyl (C=O) groups excluding carboxylic acids is 1. The van der Waals surface area contributed by atoms with E-state index in [-0.39, 0.29) is 5.78 Å². The lowest BCUT2D eigenvalue weighted by molar-refractivity contribution is -0.114. The molecule has 0 amide bonds. The van der Waals surface area contributed by atoms with Crippen molar-refractivity contribution in [2.24, 2.45) is 0 Å². The smallest absolute Gasteiger partial charge is 0.178 e. The van der Waals surface area contributed by atoms with E-state index in [1.807, 2.05) is 0 Å². The first-order chi connectivity index (χ1) is 4.20. The highest BCUT2D eigenvalue weighted by Crippen LogP contribution is 2.20. The molecule has 0 saturated heterocycles. The Morgan fingerprint density at radius 1 is 1.67 bits per heavy atom. The second kappa shape index (κ2) is 2.67. The summed E-state index contributed by atoms with van der Waals surface area (Å²) in [7, 11) is 0. The second-order valence-electron chi connectivity index (χ2n) is 1.71. The van der Waals surface area contributed by atoms with Crippen molar-refractivity contribution in [1.82, 2.24) is 0 Å². The van der Waals surface area contributed by atoms with E-state index in [0.29, 0.717) is 11.5 Å². The van der Waals surface area contributed by atoms with Crippen LogP contribution in [0, 0.1) is 0 Å². The Morgan fingerprint density at radius 3 is 2.78 bits per heavy atom. The van der Waals surface area contributed by atoms with E-state index in [4.69, 9.17) is 11.6 Å². The van der Waals surface area contributed by atoms with Crippen LogP contribution in [0.3, 0.4) is 0 Å². The summed E-state index contributed by atoms with van der Waals surface area (Å²) in [4.78, 5) is 10.7. The lowest BCUT2D eigenvalue weighted by atomic mass is 10.2. The van der Waals surface area contributed by atoms with Crippen molar-refractivity contribution in [3.05, 3.63) is 21.7 Å². The minimum atomic E-state index is -0.0140. The molecule has 0 spiro atoms. The summed E-state index contributed by atoms with van der Waals surface area (Å²) in [5.74, 6) is -0.0140. The number of ketones is 1. The van der Waals surface area contributed by atoms with Gasteiger partial charge in [0.15, 0.2) is 5.78 Å². The second-order valence-corrected chi connectivity index (χ2v) is 3.03. The third-order valence-corrected chi connectivity index (χ3v) is 1.89. The van der Waals surface area contributed by atoms with Gasteiger partial charge in [-0.1, -0.05) is 33.6 Å². The molecule has 3 heteroatoms. The molecule has 9 heavy (non-hydrogen) atoms. The lowest BCUT2D eigenvalue weighted by Crippen LogP contribution is -1.98. The first-order valence-corrected chi connectivity index (χ1v) is 3.63. The summed E-state index contributed by atoms with van der Waals surface area (Å²) in [6.45, 7) is 0. The molecule has 1 aliphatic carbocycles. The van der Waals surface area contributed by atoms with E-state index in [9.17, 15) is 4.79 Å². The van der Waals surface area contributed by atoms with E-state index in [2.05, 4.69) is 15.9 Å². The molecule has 0 heterocycles. The van der Waals surface area contributed by atoms with Crippen LogP contribution in [0.25, 0.3) is 0 Å². The molecule has 0 aromatic carbocycles. The highest BCUT2D eigenvalue weighted by atomic mass is 79.9. The van der Waals surface area contributed by atoms with Gasteiger partial charge in [-0.25, -0.2) is 0 Å².